The summed E-state index contributed by atoms with van der Waals surface area (Å²) in [6.07, 6.45) is -4.88. The van der Waals surface area contributed by atoms with E-state index in [0.29, 0.717) is 0 Å². The van der Waals surface area contributed by atoms with Crippen LogP contribution in [0.5, 0.6) is 0 Å². The molecule has 0 aromatic carbocycles. The molecule has 0 saturated heterocycles. The first-order valence-corrected chi connectivity index (χ1v) is 2.24. The van der Waals surface area contributed by atoms with Crippen LogP contribution in [0.4, 0.5) is 0 Å². The molecule has 11 heavy (non-hydrogen) atoms. The molecule has 0 unspecified atom stereocenters. The largest absolute Gasteiger partial charge is 2.00 e. The van der Waals surface area contributed by atoms with Gasteiger partial charge in [-0.2, -0.15) is 0 Å². The van der Waals surface area contributed by atoms with E-state index in [2.05, 4.69) is 0 Å². The van der Waals surface area contributed by atoms with E-state index in [-0.39, 0.29) is 16.5 Å². The number of carboxylic acid groups (broad SMARTS) is 2. The molecule has 0 aromatic heterocycles. The monoisotopic (exact) mass is 206 g/mol. The van der Waals surface area contributed by atoms with Crippen molar-refractivity contribution in [1.29, 1.82) is 0 Å². The third-order valence-electron chi connectivity index (χ3n) is 0.782. The zero-order chi connectivity index (χ0) is 8.31. The first-order valence-electron chi connectivity index (χ1n) is 2.24. The third-order valence-corrected chi connectivity index (χ3v) is 0.782. The molecule has 0 radical (unpaired) electrons. The van der Waals surface area contributed by atoms with Gasteiger partial charge in [0.25, 0.3) is 0 Å². The van der Waals surface area contributed by atoms with Gasteiger partial charge in [0.1, 0.15) is 12.2 Å². The van der Waals surface area contributed by atoms with E-state index >= 15 is 0 Å². The van der Waals surface area contributed by atoms with Crippen LogP contribution in [0.25, 0.3) is 0 Å². The Morgan fingerprint density at radius 3 is 1.27 bits per heavy atom. The summed E-state index contributed by atoms with van der Waals surface area (Å²) in [7, 11) is 0. The summed E-state index contributed by atoms with van der Waals surface area (Å²) >= 11 is 0. The zero-order valence-corrected chi connectivity index (χ0v) is 5.99. The normalized spacial score (nSPS) is 14.4. The molecule has 0 rings (SSSR count). The topological polar surface area (TPSA) is 121 Å². The van der Waals surface area contributed by atoms with Gasteiger partial charge in [0.15, 0.2) is 0 Å². The smallest absolute Gasteiger partial charge is 0.547 e. The standard InChI is InChI=1S/C4H6O6.Ni/c5-1(3(7)8)2(6)4(9)10;/h1-2,5-6H,(H,7,8)(H,9,10);/q;+2/p-2/t1-,2-;/m0./s1. The van der Waals surface area contributed by atoms with Gasteiger partial charge >= 0.3 is 16.5 Å². The van der Waals surface area contributed by atoms with Gasteiger partial charge in [0, 0.05) is 0 Å². The van der Waals surface area contributed by atoms with Crippen LogP contribution < -0.4 is 10.2 Å². The van der Waals surface area contributed by atoms with Gasteiger partial charge < -0.3 is 30.0 Å². The second-order valence-corrected chi connectivity index (χ2v) is 1.53. The van der Waals surface area contributed by atoms with Crippen LogP contribution in [-0.2, 0) is 26.1 Å². The summed E-state index contributed by atoms with van der Waals surface area (Å²) in [6.45, 7) is 0. The minimum atomic E-state index is -2.44. The summed E-state index contributed by atoms with van der Waals surface area (Å²) in [5.74, 6) is -4.12. The van der Waals surface area contributed by atoms with E-state index in [0.717, 1.165) is 0 Å². The molecule has 2 N–H and O–H groups in total. The van der Waals surface area contributed by atoms with Crippen LogP contribution in [0.15, 0.2) is 0 Å². The fraction of sp³-hybridized carbons (Fsp3) is 0.500. The van der Waals surface area contributed by atoms with Gasteiger partial charge in [-0.3, -0.25) is 0 Å². The van der Waals surface area contributed by atoms with E-state index in [4.69, 9.17) is 10.2 Å². The second-order valence-electron chi connectivity index (χ2n) is 1.53. The van der Waals surface area contributed by atoms with Crippen molar-refractivity contribution in [3.05, 3.63) is 0 Å². The number of aliphatic hydroxyl groups excluding tert-OH is 2. The molecule has 0 aliphatic carbocycles. The average molecular weight is 207 g/mol. The number of carbonyl (C=O) groups is 2. The van der Waals surface area contributed by atoms with Crippen LogP contribution in [0, 0.1) is 0 Å². The van der Waals surface area contributed by atoms with E-state index in [1.165, 1.54) is 0 Å². The molecule has 6 nitrogen and oxygen atoms in total. The van der Waals surface area contributed by atoms with Crippen molar-refractivity contribution in [3.63, 3.8) is 0 Å². The number of rotatable bonds is 3. The fourth-order valence-corrected chi connectivity index (χ4v) is 0.258. The second kappa shape index (κ2) is 5.06. The van der Waals surface area contributed by atoms with Crippen molar-refractivity contribution in [1.82, 2.24) is 0 Å². The molecule has 0 saturated carbocycles. The van der Waals surface area contributed by atoms with Gasteiger partial charge in [0.05, 0.1) is 11.9 Å². The number of carboxylic acids is 2. The van der Waals surface area contributed by atoms with E-state index in [1.807, 2.05) is 0 Å². The SMILES string of the molecule is O=C([O-])[C@@H](O)[C@H](O)C(=O)[O-].[Ni+2]. The van der Waals surface area contributed by atoms with Crippen LogP contribution in [-0.4, -0.2) is 34.4 Å². The van der Waals surface area contributed by atoms with Crippen LogP contribution >= 0.6 is 0 Å². The molecule has 66 valence electrons. The molecule has 0 bridgehead atoms. The Balaban J connectivity index is 0. The molecule has 0 aliphatic heterocycles. The quantitative estimate of drug-likeness (QED) is 0.447. The van der Waals surface area contributed by atoms with E-state index < -0.39 is 24.1 Å². The molecule has 0 amide bonds. The van der Waals surface area contributed by atoms with E-state index in [9.17, 15) is 19.8 Å². The predicted octanol–water partition coefficient (Wildman–Crippen LogP) is -4.79. The number of carbonyl (C=O) groups excluding carboxylic acids is 2. The van der Waals surface area contributed by atoms with Crippen LogP contribution in [0.1, 0.15) is 0 Å². The summed E-state index contributed by atoms with van der Waals surface area (Å²) < 4.78 is 0. The summed E-state index contributed by atoms with van der Waals surface area (Å²) in [4.78, 5) is 19.3. The van der Waals surface area contributed by atoms with Crippen molar-refractivity contribution in [2.45, 2.75) is 12.2 Å². The van der Waals surface area contributed by atoms with Crippen LogP contribution in [0.2, 0.25) is 0 Å². The number of hydrogen-bond donors (Lipinski definition) is 2. The molecule has 0 spiro atoms. The minimum absolute atomic E-state index is 0. The summed E-state index contributed by atoms with van der Waals surface area (Å²) in [5, 5.41) is 35.7. The Bertz CT molecular complexity index is 139. The molecular weight excluding hydrogens is 203 g/mol. The summed E-state index contributed by atoms with van der Waals surface area (Å²) in [6, 6.07) is 0. The Labute approximate surface area is 71.4 Å². The number of aliphatic carboxylic acids is 2. The third kappa shape index (κ3) is 3.92. The van der Waals surface area contributed by atoms with Gasteiger partial charge in [0.2, 0.25) is 0 Å². The minimum Gasteiger partial charge on any atom is -0.547 e. The maximum Gasteiger partial charge on any atom is 2.00 e. The van der Waals surface area contributed by atoms with Crippen molar-refractivity contribution >= 4 is 11.9 Å². The van der Waals surface area contributed by atoms with Crippen molar-refractivity contribution in [2.75, 3.05) is 0 Å². The Hall–Kier alpha value is -0.646. The first kappa shape index (κ1) is 13.0. The van der Waals surface area contributed by atoms with Gasteiger partial charge in [-0.15, -0.1) is 0 Å². The zero-order valence-electron chi connectivity index (χ0n) is 5.00. The van der Waals surface area contributed by atoms with Gasteiger partial charge in [-0.05, 0) is 0 Å². The average Bonchev–Trinajstić information content (AvgIpc) is 1.84. The molecule has 0 aliphatic rings. The Morgan fingerprint density at radius 2 is 1.18 bits per heavy atom. The van der Waals surface area contributed by atoms with E-state index in [1.54, 1.807) is 0 Å². The van der Waals surface area contributed by atoms with Crippen molar-refractivity contribution in [2.24, 2.45) is 0 Å². The Morgan fingerprint density at radius 1 is 1.00 bits per heavy atom. The Kier molecular flexibility index (Phi) is 5.98. The maximum absolute atomic E-state index is 9.63. The van der Waals surface area contributed by atoms with Crippen molar-refractivity contribution in [3.8, 4) is 0 Å². The van der Waals surface area contributed by atoms with Gasteiger partial charge in [-0.25, -0.2) is 0 Å². The molecule has 2 atom stereocenters. The molecular formula is C4H4NiO6. The molecule has 7 heteroatoms. The molecule has 0 heterocycles. The van der Waals surface area contributed by atoms with Crippen LogP contribution in [0.3, 0.4) is 0 Å². The predicted molar refractivity (Wildman–Crippen MR) is 22.0 cm³/mol. The number of aliphatic hydroxyl groups is 2. The maximum atomic E-state index is 9.63. The summed E-state index contributed by atoms with van der Waals surface area (Å²) in [5.41, 5.74) is 0. The van der Waals surface area contributed by atoms with Crippen molar-refractivity contribution < 1.29 is 46.5 Å². The fourth-order valence-electron chi connectivity index (χ4n) is 0.258. The van der Waals surface area contributed by atoms with Gasteiger partial charge in [-0.1, -0.05) is 0 Å². The number of hydrogen-bond acceptors (Lipinski definition) is 6. The molecule has 0 aromatic rings. The first-order chi connectivity index (χ1) is 4.46. The molecule has 0 fully saturated rings.